The van der Waals surface area contributed by atoms with Gasteiger partial charge < -0.3 is 9.88 Å². The molecule has 0 saturated heterocycles. The number of hydrogen-bond donors (Lipinski definition) is 1. The Morgan fingerprint density at radius 3 is 2.77 bits per heavy atom. The molecule has 1 N–H and O–H groups in total. The molecule has 0 atom stereocenters. The summed E-state index contributed by atoms with van der Waals surface area (Å²) in [4.78, 5) is 28.9. The van der Waals surface area contributed by atoms with Gasteiger partial charge in [0.05, 0.1) is 0 Å². The van der Waals surface area contributed by atoms with Gasteiger partial charge in [-0.15, -0.1) is 0 Å². The first-order valence-corrected chi connectivity index (χ1v) is 7.31. The zero-order valence-corrected chi connectivity index (χ0v) is 13.0. The maximum Gasteiger partial charge on any atom is 0.263 e. The van der Waals surface area contributed by atoms with Crippen LogP contribution in [-0.4, -0.2) is 15.5 Å². The predicted molar refractivity (Wildman–Crippen MR) is 85.1 cm³/mol. The van der Waals surface area contributed by atoms with E-state index >= 15 is 0 Å². The third-order valence-corrected chi connectivity index (χ3v) is 4.10. The minimum atomic E-state index is -0.410. The van der Waals surface area contributed by atoms with Crippen molar-refractivity contribution >= 4 is 11.7 Å². The van der Waals surface area contributed by atoms with Gasteiger partial charge in [0.15, 0.2) is 0 Å². The maximum absolute atomic E-state index is 12.5. The molecule has 5 nitrogen and oxygen atoms in total. The van der Waals surface area contributed by atoms with Gasteiger partial charge in [0, 0.05) is 18.9 Å². The average molecular weight is 297 g/mol. The number of amides is 1. The number of pyridine rings is 2. The summed E-state index contributed by atoms with van der Waals surface area (Å²) in [7, 11) is 1.74. The molecular weight excluding hydrogens is 278 g/mol. The lowest BCUT2D eigenvalue weighted by Crippen LogP contribution is -2.30. The molecule has 5 heteroatoms. The summed E-state index contributed by atoms with van der Waals surface area (Å²) in [6.07, 6.45) is 3.33. The second-order valence-corrected chi connectivity index (χ2v) is 6.58. The van der Waals surface area contributed by atoms with Crippen LogP contribution in [0.25, 0.3) is 0 Å². The Kier molecular flexibility index (Phi) is 3.35. The lowest BCUT2D eigenvalue weighted by molar-refractivity contribution is 0.102. The van der Waals surface area contributed by atoms with Crippen molar-refractivity contribution in [3.05, 3.63) is 57.6 Å². The van der Waals surface area contributed by atoms with E-state index in [9.17, 15) is 9.59 Å². The van der Waals surface area contributed by atoms with Gasteiger partial charge in [0.25, 0.3) is 11.5 Å². The molecule has 0 saturated carbocycles. The Hall–Kier alpha value is -2.43. The topological polar surface area (TPSA) is 64.0 Å². The molecule has 1 aliphatic rings. The molecule has 0 radical (unpaired) electrons. The Morgan fingerprint density at radius 1 is 1.32 bits per heavy atom. The lowest BCUT2D eigenvalue weighted by atomic mass is 9.90. The van der Waals surface area contributed by atoms with Gasteiger partial charge in [0.1, 0.15) is 11.4 Å². The van der Waals surface area contributed by atoms with Gasteiger partial charge >= 0.3 is 0 Å². The van der Waals surface area contributed by atoms with Crippen LogP contribution in [0.3, 0.4) is 0 Å². The summed E-state index contributed by atoms with van der Waals surface area (Å²) in [6, 6.07) is 6.99. The van der Waals surface area contributed by atoms with Crippen LogP contribution in [0.4, 0.5) is 5.82 Å². The summed E-state index contributed by atoms with van der Waals surface area (Å²) < 4.78 is 1.61. The van der Waals surface area contributed by atoms with Crippen molar-refractivity contribution in [3.63, 3.8) is 0 Å². The standard InChI is InChI=1S/C17H19N3O2/c1-17(2)9-11-8-12(16(22)20(3)13(11)10-17)15(21)19-14-6-4-5-7-18-14/h4-8H,9-10H2,1-3H3,(H,18,19,21). The van der Waals surface area contributed by atoms with E-state index in [2.05, 4.69) is 24.1 Å². The molecule has 2 heterocycles. The Morgan fingerprint density at radius 2 is 2.09 bits per heavy atom. The largest absolute Gasteiger partial charge is 0.315 e. The molecule has 22 heavy (non-hydrogen) atoms. The number of carbonyl (C=O) groups is 1. The highest BCUT2D eigenvalue weighted by atomic mass is 16.2. The van der Waals surface area contributed by atoms with Crippen molar-refractivity contribution in [2.24, 2.45) is 12.5 Å². The van der Waals surface area contributed by atoms with E-state index < -0.39 is 5.91 Å². The third-order valence-electron chi connectivity index (χ3n) is 4.10. The Bertz CT molecular complexity index is 792. The predicted octanol–water partition coefficient (Wildman–Crippen LogP) is 2.16. The van der Waals surface area contributed by atoms with E-state index in [0.717, 1.165) is 24.1 Å². The Labute approximate surface area is 129 Å². The van der Waals surface area contributed by atoms with Gasteiger partial charge in [0.2, 0.25) is 0 Å². The van der Waals surface area contributed by atoms with Gasteiger partial charge in [-0.2, -0.15) is 0 Å². The quantitative estimate of drug-likeness (QED) is 0.924. The normalized spacial score (nSPS) is 15.4. The number of nitrogens with zero attached hydrogens (tertiary/aromatic N) is 2. The van der Waals surface area contributed by atoms with Crippen LogP contribution in [-0.2, 0) is 19.9 Å². The molecule has 0 aromatic carbocycles. The monoisotopic (exact) mass is 297 g/mol. The van der Waals surface area contributed by atoms with Crippen LogP contribution >= 0.6 is 0 Å². The van der Waals surface area contributed by atoms with E-state index in [-0.39, 0.29) is 16.5 Å². The van der Waals surface area contributed by atoms with Gasteiger partial charge in [-0.3, -0.25) is 9.59 Å². The van der Waals surface area contributed by atoms with Crippen LogP contribution in [0.15, 0.2) is 35.3 Å². The molecule has 1 aliphatic carbocycles. The molecule has 0 spiro atoms. The van der Waals surface area contributed by atoms with Crippen molar-refractivity contribution in [1.29, 1.82) is 0 Å². The fourth-order valence-electron chi connectivity index (χ4n) is 3.04. The van der Waals surface area contributed by atoms with Crippen molar-refractivity contribution in [3.8, 4) is 0 Å². The highest BCUT2D eigenvalue weighted by Gasteiger charge is 2.31. The van der Waals surface area contributed by atoms with E-state index in [4.69, 9.17) is 0 Å². The first kappa shape index (κ1) is 14.5. The van der Waals surface area contributed by atoms with Crippen molar-refractivity contribution < 1.29 is 4.79 Å². The number of fused-ring (bicyclic) bond motifs is 1. The maximum atomic E-state index is 12.5. The summed E-state index contributed by atoms with van der Waals surface area (Å²) in [5, 5.41) is 2.67. The average Bonchev–Trinajstić information content (AvgIpc) is 2.78. The number of anilines is 1. The minimum absolute atomic E-state index is 0.128. The second-order valence-electron chi connectivity index (χ2n) is 6.58. The fourth-order valence-corrected chi connectivity index (χ4v) is 3.04. The van der Waals surface area contributed by atoms with Gasteiger partial charge in [-0.1, -0.05) is 19.9 Å². The second kappa shape index (κ2) is 5.09. The summed E-state index contributed by atoms with van der Waals surface area (Å²) in [5.74, 6) is 0.0298. The molecule has 0 fully saturated rings. The van der Waals surface area contributed by atoms with Crippen LogP contribution in [0.2, 0.25) is 0 Å². The summed E-state index contributed by atoms with van der Waals surface area (Å²) >= 11 is 0. The molecule has 2 aromatic heterocycles. The van der Waals surface area contributed by atoms with Crippen LogP contribution in [0.5, 0.6) is 0 Å². The first-order chi connectivity index (χ1) is 10.4. The molecule has 0 unspecified atom stereocenters. The van der Waals surface area contributed by atoms with Gasteiger partial charge in [-0.25, -0.2) is 4.98 Å². The van der Waals surface area contributed by atoms with E-state index in [1.807, 2.05) is 0 Å². The molecule has 1 amide bonds. The molecular formula is C17H19N3O2. The fraction of sp³-hybridized carbons (Fsp3) is 0.353. The van der Waals surface area contributed by atoms with Crippen LogP contribution in [0, 0.1) is 5.41 Å². The highest BCUT2D eigenvalue weighted by molar-refractivity contribution is 6.03. The number of rotatable bonds is 2. The van der Waals surface area contributed by atoms with Crippen molar-refractivity contribution in [2.45, 2.75) is 26.7 Å². The summed E-state index contributed by atoms with van der Waals surface area (Å²) in [5.41, 5.74) is 2.15. The third kappa shape index (κ3) is 2.54. The molecule has 0 aliphatic heterocycles. The highest BCUT2D eigenvalue weighted by Crippen LogP contribution is 2.35. The lowest BCUT2D eigenvalue weighted by Gasteiger charge is -2.14. The van der Waals surface area contributed by atoms with Crippen molar-refractivity contribution in [2.75, 3.05) is 5.32 Å². The Balaban J connectivity index is 1.98. The smallest absolute Gasteiger partial charge is 0.263 e. The molecule has 114 valence electrons. The summed E-state index contributed by atoms with van der Waals surface area (Å²) in [6.45, 7) is 4.34. The minimum Gasteiger partial charge on any atom is -0.315 e. The number of hydrogen-bond acceptors (Lipinski definition) is 3. The van der Waals surface area contributed by atoms with E-state index in [0.29, 0.717) is 5.82 Å². The first-order valence-electron chi connectivity index (χ1n) is 7.31. The zero-order chi connectivity index (χ0) is 15.9. The van der Waals surface area contributed by atoms with Crippen LogP contribution in [0.1, 0.15) is 35.5 Å². The number of carbonyl (C=O) groups excluding carboxylic acids is 1. The zero-order valence-electron chi connectivity index (χ0n) is 13.0. The SMILES string of the molecule is Cn1c2c(cc(C(=O)Nc3ccccn3)c1=O)CC(C)(C)C2. The van der Waals surface area contributed by atoms with Gasteiger partial charge in [-0.05, 0) is 42.0 Å². The molecule has 0 bridgehead atoms. The van der Waals surface area contributed by atoms with Crippen LogP contribution < -0.4 is 10.9 Å². The number of aromatic nitrogens is 2. The number of nitrogens with one attached hydrogen (secondary N) is 1. The van der Waals surface area contributed by atoms with E-state index in [1.165, 1.54) is 0 Å². The van der Waals surface area contributed by atoms with Crippen molar-refractivity contribution in [1.82, 2.24) is 9.55 Å². The van der Waals surface area contributed by atoms with E-state index in [1.54, 1.807) is 42.1 Å². The molecule has 3 rings (SSSR count). The molecule has 2 aromatic rings.